The van der Waals surface area contributed by atoms with E-state index < -0.39 is 6.16 Å². The number of ether oxygens (including phenoxy) is 1. The molecule has 1 aromatic carbocycles. The first kappa shape index (κ1) is 11.5. The van der Waals surface area contributed by atoms with Gasteiger partial charge < -0.3 is 14.8 Å². The average Bonchev–Trinajstić information content (AvgIpc) is 2.70. The molecule has 0 amide bonds. The maximum Gasteiger partial charge on any atom is 0.511 e. The van der Waals surface area contributed by atoms with E-state index in [1.54, 1.807) is 12.3 Å². The molecular formula is C11H8ClNO4. The Morgan fingerprint density at radius 2 is 2.18 bits per heavy atom. The van der Waals surface area contributed by atoms with Crippen LogP contribution >= 0.6 is 11.6 Å². The monoisotopic (exact) mass is 253 g/mol. The molecule has 0 unspecified atom stereocenters. The van der Waals surface area contributed by atoms with Crippen molar-refractivity contribution >= 4 is 34.4 Å². The zero-order valence-corrected chi connectivity index (χ0v) is 9.54. The van der Waals surface area contributed by atoms with Crippen LogP contribution in [0.15, 0.2) is 18.3 Å². The van der Waals surface area contributed by atoms with Crippen LogP contribution in [0.2, 0.25) is 5.02 Å². The standard InChI is InChI=1S/C11H8ClNO4/c1-5(14)7-4-8(17-11(15)16)9(12)6-2-3-13-10(6)7/h2-4,13H,1H3,(H,15,16). The highest BCUT2D eigenvalue weighted by Gasteiger charge is 2.16. The number of halogens is 1. The second-order valence-corrected chi connectivity index (χ2v) is 3.80. The summed E-state index contributed by atoms with van der Waals surface area (Å²) in [6.45, 7) is 1.38. The highest BCUT2D eigenvalue weighted by molar-refractivity contribution is 6.37. The predicted octanol–water partition coefficient (Wildman–Crippen LogP) is 3.08. The maximum absolute atomic E-state index is 11.4. The van der Waals surface area contributed by atoms with E-state index in [4.69, 9.17) is 16.7 Å². The van der Waals surface area contributed by atoms with Gasteiger partial charge in [0.05, 0.1) is 10.5 Å². The zero-order chi connectivity index (χ0) is 12.6. The lowest BCUT2D eigenvalue weighted by atomic mass is 10.1. The number of aromatic nitrogens is 1. The van der Waals surface area contributed by atoms with Gasteiger partial charge in [0.2, 0.25) is 0 Å². The lowest BCUT2D eigenvalue weighted by Gasteiger charge is -2.07. The van der Waals surface area contributed by atoms with E-state index in [2.05, 4.69) is 9.72 Å². The van der Waals surface area contributed by atoms with Gasteiger partial charge in [-0.05, 0) is 19.1 Å². The summed E-state index contributed by atoms with van der Waals surface area (Å²) < 4.78 is 4.53. The largest absolute Gasteiger partial charge is 0.511 e. The molecule has 88 valence electrons. The SMILES string of the molecule is CC(=O)c1cc(OC(=O)O)c(Cl)c2cc[nH]c12. The van der Waals surface area contributed by atoms with Crippen molar-refractivity contribution in [2.75, 3.05) is 0 Å². The van der Waals surface area contributed by atoms with E-state index in [0.717, 1.165) is 0 Å². The number of carbonyl (C=O) groups excluding carboxylic acids is 1. The number of benzene rings is 1. The van der Waals surface area contributed by atoms with Gasteiger partial charge in [-0.25, -0.2) is 4.79 Å². The number of nitrogens with one attached hydrogen (secondary N) is 1. The minimum atomic E-state index is -1.48. The molecule has 0 aliphatic heterocycles. The van der Waals surface area contributed by atoms with Gasteiger partial charge in [0.1, 0.15) is 0 Å². The summed E-state index contributed by atoms with van der Waals surface area (Å²) in [5, 5.41) is 9.28. The molecule has 0 atom stereocenters. The first-order valence-electron chi connectivity index (χ1n) is 4.72. The van der Waals surface area contributed by atoms with Gasteiger partial charge in [0, 0.05) is 17.1 Å². The Kier molecular flexibility index (Phi) is 2.77. The molecule has 5 nitrogen and oxygen atoms in total. The third kappa shape index (κ3) is 1.97. The van der Waals surface area contributed by atoms with Crippen molar-refractivity contribution in [3.63, 3.8) is 0 Å². The van der Waals surface area contributed by atoms with Gasteiger partial charge in [-0.2, -0.15) is 0 Å². The van der Waals surface area contributed by atoms with Crippen LogP contribution in [-0.2, 0) is 0 Å². The Morgan fingerprint density at radius 3 is 2.76 bits per heavy atom. The zero-order valence-electron chi connectivity index (χ0n) is 8.78. The Bertz CT molecular complexity index is 617. The molecule has 0 aliphatic carbocycles. The van der Waals surface area contributed by atoms with Crippen molar-refractivity contribution in [1.29, 1.82) is 0 Å². The van der Waals surface area contributed by atoms with Crippen molar-refractivity contribution in [2.24, 2.45) is 0 Å². The van der Waals surface area contributed by atoms with Gasteiger partial charge in [-0.1, -0.05) is 11.6 Å². The third-order valence-electron chi connectivity index (χ3n) is 2.32. The number of carboxylic acid groups (broad SMARTS) is 1. The van der Waals surface area contributed by atoms with Gasteiger partial charge in [-0.3, -0.25) is 4.79 Å². The van der Waals surface area contributed by atoms with Crippen LogP contribution in [-0.4, -0.2) is 22.0 Å². The smallest absolute Gasteiger partial charge is 0.449 e. The third-order valence-corrected chi connectivity index (χ3v) is 2.71. The fourth-order valence-electron chi connectivity index (χ4n) is 1.62. The fourth-order valence-corrected chi connectivity index (χ4v) is 1.87. The maximum atomic E-state index is 11.4. The minimum absolute atomic E-state index is 0.0449. The lowest BCUT2D eigenvalue weighted by molar-refractivity contribution is 0.101. The Hall–Kier alpha value is -2.01. The molecule has 1 aromatic heterocycles. The molecule has 17 heavy (non-hydrogen) atoms. The summed E-state index contributed by atoms with van der Waals surface area (Å²) >= 11 is 5.98. The highest BCUT2D eigenvalue weighted by atomic mass is 35.5. The number of aromatic amines is 1. The van der Waals surface area contributed by atoms with Crippen LogP contribution in [0.25, 0.3) is 10.9 Å². The van der Waals surface area contributed by atoms with E-state index in [1.807, 2.05) is 0 Å². The number of hydrogen-bond donors (Lipinski definition) is 2. The summed E-state index contributed by atoms with van der Waals surface area (Å²) in [6, 6.07) is 2.97. The van der Waals surface area contributed by atoms with E-state index in [9.17, 15) is 9.59 Å². The number of hydrogen-bond acceptors (Lipinski definition) is 3. The highest BCUT2D eigenvalue weighted by Crippen LogP contribution is 2.35. The van der Waals surface area contributed by atoms with E-state index in [0.29, 0.717) is 16.5 Å². The second kappa shape index (κ2) is 4.10. The number of H-pyrrole nitrogens is 1. The number of carbonyl (C=O) groups is 2. The van der Waals surface area contributed by atoms with Crippen molar-refractivity contribution in [3.05, 3.63) is 28.9 Å². The molecule has 0 aliphatic rings. The van der Waals surface area contributed by atoms with Gasteiger partial charge in [0.15, 0.2) is 11.5 Å². The summed E-state index contributed by atoms with van der Waals surface area (Å²) in [4.78, 5) is 24.8. The quantitative estimate of drug-likeness (QED) is 0.490. The van der Waals surface area contributed by atoms with E-state index >= 15 is 0 Å². The molecule has 2 N–H and O–H groups in total. The average molecular weight is 254 g/mol. The Morgan fingerprint density at radius 1 is 1.47 bits per heavy atom. The summed E-state index contributed by atoms with van der Waals surface area (Å²) in [5.74, 6) is -0.249. The molecule has 0 saturated carbocycles. The Labute approximate surface area is 101 Å². The summed E-state index contributed by atoms with van der Waals surface area (Å²) in [6.07, 6.45) is 0.143. The lowest BCUT2D eigenvalue weighted by Crippen LogP contribution is -2.05. The predicted molar refractivity (Wildman–Crippen MR) is 62.0 cm³/mol. The minimum Gasteiger partial charge on any atom is -0.449 e. The number of Topliss-reactive ketones (excluding diaryl/α,β-unsaturated/α-hetero) is 1. The van der Waals surface area contributed by atoms with Crippen molar-refractivity contribution in [2.45, 2.75) is 6.92 Å². The summed E-state index contributed by atoms with van der Waals surface area (Å²) in [7, 11) is 0. The number of fused-ring (bicyclic) bond motifs is 1. The van der Waals surface area contributed by atoms with Crippen molar-refractivity contribution < 1.29 is 19.4 Å². The summed E-state index contributed by atoms with van der Waals surface area (Å²) in [5.41, 5.74) is 0.908. The molecule has 0 spiro atoms. The first-order chi connectivity index (χ1) is 8.00. The molecular weight excluding hydrogens is 246 g/mol. The molecule has 0 fully saturated rings. The molecule has 0 bridgehead atoms. The van der Waals surface area contributed by atoms with Gasteiger partial charge in [-0.15, -0.1) is 0 Å². The molecule has 6 heteroatoms. The molecule has 2 aromatic rings. The number of rotatable bonds is 2. The van der Waals surface area contributed by atoms with Crippen LogP contribution in [0.5, 0.6) is 5.75 Å². The second-order valence-electron chi connectivity index (χ2n) is 3.43. The number of ketones is 1. The fraction of sp³-hybridized carbons (Fsp3) is 0.0909. The van der Waals surface area contributed by atoms with Crippen molar-refractivity contribution in [3.8, 4) is 5.75 Å². The first-order valence-corrected chi connectivity index (χ1v) is 5.10. The topological polar surface area (TPSA) is 79.4 Å². The van der Waals surface area contributed by atoms with E-state index in [-0.39, 0.29) is 16.6 Å². The van der Waals surface area contributed by atoms with Crippen LogP contribution in [0.3, 0.4) is 0 Å². The molecule has 0 saturated heterocycles. The Balaban J connectivity index is 2.73. The van der Waals surface area contributed by atoms with E-state index in [1.165, 1.54) is 13.0 Å². The van der Waals surface area contributed by atoms with Crippen LogP contribution < -0.4 is 4.74 Å². The van der Waals surface area contributed by atoms with Crippen LogP contribution in [0.4, 0.5) is 4.79 Å². The van der Waals surface area contributed by atoms with Gasteiger partial charge >= 0.3 is 6.16 Å². The van der Waals surface area contributed by atoms with Crippen molar-refractivity contribution in [1.82, 2.24) is 4.98 Å². The van der Waals surface area contributed by atoms with Crippen LogP contribution in [0, 0.1) is 0 Å². The van der Waals surface area contributed by atoms with Gasteiger partial charge in [0.25, 0.3) is 0 Å². The van der Waals surface area contributed by atoms with Crippen LogP contribution in [0.1, 0.15) is 17.3 Å². The normalized spacial score (nSPS) is 10.5. The molecule has 2 rings (SSSR count). The molecule has 0 radical (unpaired) electrons. The molecule has 1 heterocycles.